The van der Waals surface area contributed by atoms with Gasteiger partial charge >= 0.3 is 0 Å². The molecular formula is C22H28N4O2. The highest BCUT2D eigenvalue weighted by Gasteiger charge is 2.42. The Kier molecular flexibility index (Phi) is 5.57. The normalized spacial score (nSPS) is 26.7. The summed E-state index contributed by atoms with van der Waals surface area (Å²) in [6, 6.07) is 8.35. The largest absolute Gasteiger partial charge is 0.391 e. The van der Waals surface area contributed by atoms with Crippen molar-refractivity contribution < 1.29 is 9.90 Å². The Morgan fingerprint density at radius 3 is 2.64 bits per heavy atom. The van der Waals surface area contributed by atoms with E-state index in [1.807, 2.05) is 4.90 Å². The number of aliphatic hydroxyl groups excluding tert-OH is 1. The summed E-state index contributed by atoms with van der Waals surface area (Å²) in [6.45, 7) is 3.64. The van der Waals surface area contributed by atoms with E-state index in [9.17, 15) is 9.90 Å². The Hall–Kier alpha value is -2.47. The summed E-state index contributed by atoms with van der Waals surface area (Å²) in [5.41, 5.74) is 2.45. The van der Waals surface area contributed by atoms with Crippen LogP contribution in [0, 0.1) is 18.8 Å². The third-order valence-electron chi connectivity index (χ3n) is 6.14. The molecule has 6 heteroatoms. The summed E-state index contributed by atoms with van der Waals surface area (Å²) in [6.07, 6.45) is 7.44. The molecule has 1 saturated heterocycles. The quantitative estimate of drug-likeness (QED) is 0.833. The Balaban J connectivity index is 1.31. The van der Waals surface area contributed by atoms with Gasteiger partial charge in [0, 0.05) is 31.9 Å². The van der Waals surface area contributed by atoms with E-state index in [2.05, 4.69) is 46.5 Å². The van der Waals surface area contributed by atoms with Crippen molar-refractivity contribution in [3.8, 4) is 0 Å². The molecule has 2 aromatic rings. The molecule has 1 aliphatic carbocycles. The lowest BCUT2D eigenvalue weighted by Gasteiger charge is -2.35. The van der Waals surface area contributed by atoms with Crippen LogP contribution in [0.5, 0.6) is 0 Å². The number of anilines is 1. The average molecular weight is 380 g/mol. The second-order valence-electron chi connectivity index (χ2n) is 8.18. The lowest BCUT2D eigenvalue weighted by molar-refractivity contribution is -0.130. The van der Waals surface area contributed by atoms with Crippen LogP contribution >= 0.6 is 0 Å². The second-order valence-corrected chi connectivity index (χ2v) is 8.18. The predicted molar refractivity (Wildman–Crippen MR) is 108 cm³/mol. The van der Waals surface area contributed by atoms with Crippen LogP contribution in [-0.2, 0) is 11.2 Å². The van der Waals surface area contributed by atoms with Gasteiger partial charge in [0.05, 0.1) is 18.3 Å². The molecule has 2 aliphatic rings. The van der Waals surface area contributed by atoms with Gasteiger partial charge in [-0.3, -0.25) is 9.78 Å². The summed E-state index contributed by atoms with van der Waals surface area (Å²) >= 11 is 0. The molecule has 4 rings (SSSR count). The van der Waals surface area contributed by atoms with Crippen LogP contribution in [0.15, 0.2) is 42.9 Å². The smallest absolute Gasteiger partial charge is 0.222 e. The van der Waals surface area contributed by atoms with E-state index in [1.165, 1.54) is 11.1 Å². The topological polar surface area (TPSA) is 78.4 Å². The number of nitrogens with one attached hydrogen (secondary N) is 1. The Morgan fingerprint density at radius 2 is 1.93 bits per heavy atom. The Morgan fingerprint density at radius 1 is 1.18 bits per heavy atom. The van der Waals surface area contributed by atoms with Crippen molar-refractivity contribution in [1.29, 1.82) is 0 Å². The van der Waals surface area contributed by atoms with Crippen LogP contribution < -0.4 is 5.32 Å². The lowest BCUT2D eigenvalue weighted by atomic mass is 9.77. The van der Waals surface area contributed by atoms with Crippen molar-refractivity contribution in [3.63, 3.8) is 0 Å². The molecule has 1 saturated carbocycles. The zero-order valence-electron chi connectivity index (χ0n) is 16.3. The number of hydrogen-bond acceptors (Lipinski definition) is 5. The standard InChI is InChI=1S/C22H28N4O2/c1-15-2-4-16(5-3-15)6-7-22(28)26-13-17-10-19(20(27)11-18(17)14-26)25-21-12-23-8-9-24-21/h2-5,8-9,12,17-20,27H,6-7,10-11,13-14H2,1H3,(H,24,25)/t17-,18+,19-,20-/m1/s1. The molecule has 2 heterocycles. The number of nitrogens with zero attached hydrogens (tertiary/aromatic N) is 3. The van der Waals surface area contributed by atoms with Crippen LogP contribution in [0.25, 0.3) is 0 Å². The molecule has 2 fully saturated rings. The number of benzene rings is 1. The fourth-order valence-corrected chi connectivity index (χ4v) is 4.52. The van der Waals surface area contributed by atoms with Crippen molar-refractivity contribution in [2.75, 3.05) is 18.4 Å². The molecule has 0 bridgehead atoms. The van der Waals surface area contributed by atoms with E-state index < -0.39 is 6.10 Å². The van der Waals surface area contributed by atoms with Crippen molar-refractivity contribution in [2.45, 2.75) is 44.8 Å². The first kappa shape index (κ1) is 18.9. The van der Waals surface area contributed by atoms with Gasteiger partial charge < -0.3 is 15.3 Å². The maximum Gasteiger partial charge on any atom is 0.222 e. The van der Waals surface area contributed by atoms with E-state index in [1.54, 1.807) is 18.6 Å². The van der Waals surface area contributed by atoms with Crippen LogP contribution in [0.2, 0.25) is 0 Å². The van der Waals surface area contributed by atoms with Gasteiger partial charge in [0.2, 0.25) is 5.91 Å². The maximum absolute atomic E-state index is 12.7. The van der Waals surface area contributed by atoms with Crippen LogP contribution in [-0.4, -0.2) is 51.1 Å². The van der Waals surface area contributed by atoms with E-state index >= 15 is 0 Å². The molecular weight excluding hydrogens is 352 g/mol. The van der Waals surface area contributed by atoms with Gasteiger partial charge in [0.15, 0.2) is 0 Å². The van der Waals surface area contributed by atoms with Crippen LogP contribution in [0.4, 0.5) is 5.82 Å². The van der Waals surface area contributed by atoms with Gasteiger partial charge in [0.25, 0.3) is 0 Å². The Labute approximate surface area is 166 Å². The van der Waals surface area contributed by atoms with Crippen molar-refractivity contribution in [1.82, 2.24) is 14.9 Å². The van der Waals surface area contributed by atoms with Gasteiger partial charge in [-0.05, 0) is 43.6 Å². The summed E-state index contributed by atoms with van der Waals surface area (Å²) < 4.78 is 0. The minimum atomic E-state index is -0.425. The summed E-state index contributed by atoms with van der Waals surface area (Å²) in [5.74, 6) is 1.73. The van der Waals surface area contributed by atoms with Gasteiger partial charge in [-0.15, -0.1) is 0 Å². The molecule has 1 aliphatic heterocycles. The third-order valence-corrected chi connectivity index (χ3v) is 6.14. The monoisotopic (exact) mass is 380 g/mol. The number of carbonyl (C=O) groups is 1. The minimum absolute atomic E-state index is 0.0411. The number of aromatic nitrogens is 2. The molecule has 28 heavy (non-hydrogen) atoms. The second kappa shape index (κ2) is 8.27. The number of rotatable bonds is 5. The molecule has 1 amide bonds. The average Bonchev–Trinajstić information content (AvgIpc) is 3.11. The molecule has 0 spiro atoms. The lowest BCUT2D eigenvalue weighted by Crippen LogP contribution is -2.43. The zero-order valence-corrected chi connectivity index (χ0v) is 16.3. The first-order valence-electron chi connectivity index (χ1n) is 10.1. The maximum atomic E-state index is 12.7. The molecule has 6 nitrogen and oxygen atoms in total. The molecule has 1 aromatic heterocycles. The van der Waals surface area contributed by atoms with E-state index in [-0.39, 0.29) is 11.9 Å². The van der Waals surface area contributed by atoms with Crippen molar-refractivity contribution >= 4 is 11.7 Å². The first-order chi connectivity index (χ1) is 13.6. The number of aryl methyl sites for hydroxylation is 2. The number of amides is 1. The van der Waals surface area contributed by atoms with E-state index in [0.29, 0.717) is 24.1 Å². The minimum Gasteiger partial charge on any atom is -0.391 e. The van der Waals surface area contributed by atoms with Gasteiger partial charge in [-0.25, -0.2) is 4.98 Å². The fraction of sp³-hybridized carbons (Fsp3) is 0.500. The third kappa shape index (κ3) is 4.33. The number of carbonyl (C=O) groups excluding carboxylic acids is 1. The van der Waals surface area contributed by atoms with Crippen LogP contribution in [0.1, 0.15) is 30.4 Å². The van der Waals surface area contributed by atoms with E-state index in [4.69, 9.17) is 0 Å². The highest BCUT2D eigenvalue weighted by molar-refractivity contribution is 5.76. The highest BCUT2D eigenvalue weighted by atomic mass is 16.3. The molecule has 2 N–H and O–H groups in total. The van der Waals surface area contributed by atoms with Crippen molar-refractivity contribution in [2.24, 2.45) is 11.8 Å². The van der Waals surface area contributed by atoms with Crippen molar-refractivity contribution in [3.05, 3.63) is 54.0 Å². The summed E-state index contributed by atoms with van der Waals surface area (Å²) in [4.78, 5) is 23.0. The summed E-state index contributed by atoms with van der Waals surface area (Å²) in [5, 5.41) is 13.9. The zero-order chi connectivity index (χ0) is 19.5. The highest BCUT2D eigenvalue weighted by Crippen LogP contribution is 2.37. The number of aliphatic hydroxyl groups is 1. The van der Waals surface area contributed by atoms with Gasteiger partial charge in [0.1, 0.15) is 5.82 Å². The molecule has 0 radical (unpaired) electrons. The number of hydrogen-bond donors (Lipinski definition) is 2. The van der Waals surface area contributed by atoms with Gasteiger partial charge in [-0.2, -0.15) is 0 Å². The molecule has 148 valence electrons. The van der Waals surface area contributed by atoms with E-state index in [0.717, 1.165) is 32.4 Å². The summed E-state index contributed by atoms with van der Waals surface area (Å²) in [7, 11) is 0. The Bertz CT molecular complexity index is 796. The molecule has 1 aromatic carbocycles. The predicted octanol–water partition coefficient (Wildman–Crippen LogP) is 2.43. The first-order valence-corrected chi connectivity index (χ1v) is 10.1. The molecule has 4 atom stereocenters. The fourth-order valence-electron chi connectivity index (χ4n) is 4.52. The number of likely N-dealkylation sites (tertiary alicyclic amines) is 1. The SMILES string of the molecule is Cc1ccc(CCC(=O)N2C[C@H]3C[C@@H](Nc4cnccn4)[C@H](O)C[C@H]3C2)cc1. The van der Waals surface area contributed by atoms with Crippen LogP contribution in [0.3, 0.4) is 0 Å². The molecule has 0 unspecified atom stereocenters. The van der Waals surface area contributed by atoms with Gasteiger partial charge in [-0.1, -0.05) is 29.8 Å². The number of fused-ring (bicyclic) bond motifs is 1.